The molecule has 0 aliphatic carbocycles. The summed E-state index contributed by atoms with van der Waals surface area (Å²) in [5, 5.41) is 3.37. The van der Waals surface area contributed by atoms with Crippen molar-refractivity contribution < 1.29 is 0 Å². The first kappa shape index (κ1) is 13.9. The van der Waals surface area contributed by atoms with Crippen molar-refractivity contribution in [3.05, 3.63) is 36.2 Å². The van der Waals surface area contributed by atoms with Crippen molar-refractivity contribution in [2.45, 2.75) is 39.2 Å². The summed E-state index contributed by atoms with van der Waals surface area (Å²) in [5.74, 6) is 0.704. The van der Waals surface area contributed by atoms with Gasteiger partial charge in [-0.1, -0.05) is 38.8 Å². The molecule has 0 aliphatic heterocycles. The van der Waals surface area contributed by atoms with Gasteiger partial charge in [0.15, 0.2) is 0 Å². The van der Waals surface area contributed by atoms with Crippen LogP contribution in [0.15, 0.2) is 30.5 Å². The smallest absolute Gasteiger partial charge is 0.0890 e. The molecule has 1 aromatic carbocycles. The van der Waals surface area contributed by atoms with E-state index in [2.05, 4.69) is 24.1 Å². The van der Waals surface area contributed by atoms with Gasteiger partial charge in [-0.15, -0.1) is 0 Å². The summed E-state index contributed by atoms with van der Waals surface area (Å²) in [4.78, 5) is 9.24. The summed E-state index contributed by atoms with van der Waals surface area (Å²) >= 11 is 0. The Balaban J connectivity index is 2.20. The predicted octanol–water partition coefficient (Wildman–Crippen LogP) is 3.72. The molecule has 3 heteroatoms. The fourth-order valence-corrected chi connectivity index (χ4v) is 2.54. The molecule has 1 heterocycles. The van der Waals surface area contributed by atoms with Gasteiger partial charge in [0.25, 0.3) is 0 Å². The average molecular weight is 257 g/mol. The second kappa shape index (κ2) is 6.62. The van der Waals surface area contributed by atoms with Crippen molar-refractivity contribution in [1.29, 1.82) is 0 Å². The molecule has 0 spiro atoms. The van der Waals surface area contributed by atoms with Crippen LogP contribution < -0.4 is 5.32 Å². The lowest BCUT2D eigenvalue weighted by molar-refractivity contribution is 0.401. The fraction of sp³-hybridized carbons (Fsp3) is 0.500. The summed E-state index contributed by atoms with van der Waals surface area (Å²) in [6.45, 7) is 4.54. The number of hydrogen-bond acceptors (Lipinski definition) is 3. The van der Waals surface area contributed by atoms with Crippen LogP contribution in [0.1, 0.15) is 44.8 Å². The molecule has 2 unspecified atom stereocenters. The Kier molecular flexibility index (Phi) is 4.86. The quantitative estimate of drug-likeness (QED) is 0.857. The monoisotopic (exact) mass is 257 g/mol. The third-order valence-corrected chi connectivity index (χ3v) is 3.59. The summed E-state index contributed by atoms with van der Waals surface area (Å²) in [7, 11) is 2.00. The molecule has 102 valence electrons. The molecule has 0 saturated heterocycles. The third-order valence-electron chi connectivity index (χ3n) is 3.59. The van der Waals surface area contributed by atoms with E-state index in [9.17, 15) is 0 Å². The molecule has 2 aromatic rings. The van der Waals surface area contributed by atoms with Gasteiger partial charge in [-0.05, 0) is 31.5 Å². The van der Waals surface area contributed by atoms with Gasteiger partial charge in [0.2, 0.25) is 0 Å². The van der Waals surface area contributed by atoms with Crippen LogP contribution in [0, 0.1) is 5.92 Å². The minimum absolute atomic E-state index is 0.290. The van der Waals surface area contributed by atoms with Crippen LogP contribution in [-0.2, 0) is 0 Å². The van der Waals surface area contributed by atoms with Crippen molar-refractivity contribution in [2.75, 3.05) is 7.05 Å². The highest BCUT2D eigenvalue weighted by Crippen LogP contribution is 2.23. The van der Waals surface area contributed by atoms with Crippen LogP contribution >= 0.6 is 0 Å². The molecule has 3 nitrogen and oxygen atoms in total. The van der Waals surface area contributed by atoms with Crippen LogP contribution in [0.25, 0.3) is 11.0 Å². The van der Waals surface area contributed by atoms with E-state index in [1.807, 2.05) is 37.5 Å². The Morgan fingerprint density at radius 2 is 1.95 bits per heavy atom. The highest BCUT2D eigenvalue weighted by molar-refractivity contribution is 5.73. The number of aromatic nitrogens is 2. The Hall–Kier alpha value is -1.48. The normalized spacial score (nSPS) is 14.5. The van der Waals surface area contributed by atoms with E-state index in [1.54, 1.807) is 0 Å². The molecule has 19 heavy (non-hydrogen) atoms. The molecule has 0 saturated carbocycles. The van der Waals surface area contributed by atoms with Gasteiger partial charge in [0.05, 0.1) is 29.0 Å². The van der Waals surface area contributed by atoms with Crippen LogP contribution in [0.4, 0.5) is 0 Å². The van der Waals surface area contributed by atoms with Crippen molar-refractivity contribution in [1.82, 2.24) is 15.3 Å². The van der Waals surface area contributed by atoms with Crippen LogP contribution in [-0.4, -0.2) is 17.0 Å². The topological polar surface area (TPSA) is 37.8 Å². The fourth-order valence-electron chi connectivity index (χ4n) is 2.54. The number of hydrogen-bond donors (Lipinski definition) is 1. The first-order valence-electron chi connectivity index (χ1n) is 7.13. The van der Waals surface area contributed by atoms with E-state index < -0.39 is 0 Å². The van der Waals surface area contributed by atoms with Crippen molar-refractivity contribution in [3.63, 3.8) is 0 Å². The van der Waals surface area contributed by atoms with Crippen LogP contribution in [0.2, 0.25) is 0 Å². The predicted molar refractivity (Wildman–Crippen MR) is 80.0 cm³/mol. The zero-order valence-electron chi connectivity index (χ0n) is 12.1. The van der Waals surface area contributed by atoms with Gasteiger partial charge in [0.1, 0.15) is 0 Å². The van der Waals surface area contributed by atoms with Crippen molar-refractivity contribution in [2.24, 2.45) is 5.92 Å². The zero-order chi connectivity index (χ0) is 13.7. The summed E-state index contributed by atoms with van der Waals surface area (Å²) < 4.78 is 0. The highest BCUT2D eigenvalue weighted by atomic mass is 14.9. The van der Waals surface area contributed by atoms with Gasteiger partial charge in [-0.3, -0.25) is 4.98 Å². The van der Waals surface area contributed by atoms with Gasteiger partial charge in [-0.25, -0.2) is 4.98 Å². The number of para-hydroxylation sites is 2. The molecule has 0 radical (unpaired) electrons. The molecular weight excluding hydrogens is 234 g/mol. The molecule has 1 N–H and O–H groups in total. The minimum Gasteiger partial charge on any atom is -0.312 e. The van der Waals surface area contributed by atoms with E-state index in [4.69, 9.17) is 4.98 Å². The molecule has 2 atom stereocenters. The lowest BCUT2D eigenvalue weighted by atomic mass is 9.96. The first-order chi connectivity index (χ1) is 9.24. The number of nitrogens with zero attached hydrogens (tertiary/aromatic N) is 2. The van der Waals surface area contributed by atoms with Crippen molar-refractivity contribution in [3.8, 4) is 0 Å². The van der Waals surface area contributed by atoms with Crippen LogP contribution in [0.5, 0.6) is 0 Å². The zero-order valence-corrected chi connectivity index (χ0v) is 12.1. The maximum Gasteiger partial charge on any atom is 0.0890 e. The van der Waals surface area contributed by atoms with Crippen LogP contribution in [0.3, 0.4) is 0 Å². The Bertz CT molecular complexity index is 524. The average Bonchev–Trinajstić information content (AvgIpc) is 2.44. The standard InChI is InChI=1S/C16H23N3/c1-4-7-12(2)10-15(17-3)16-11-18-13-8-5-6-9-14(13)19-16/h5-6,8-9,11-12,15,17H,4,7,10H2,1-3H3. The molecule has 0 fully saturated rings. The highest BCUT2D eigenvalue weighted by Gasteiger charge is 2.15. The number of nitrogens with one attached hydrogen (secondary N) is 1. The first-order valence-corrected chi connectivity index (χ1v) is 7.13. The number of benzene rings is 1. The minimum atomic E-state index is 0.290. The SMILES string of the molecule is CCCC(C)CC(NC)c1cnc2ccccc2n1. The summed E-state index contributed by atoms with van der Waals surface area (Å²) in [6, 6.07) is 8.32. The molecule has 2 rings (SSSR count). The second-order valence-corrected chi connectivity index (χ2v) is 5.25. The summed E-state index contributed by atoms with van der Waals surface area (Å²) in [5.41, 5.74) is 2.98. The number of fused-ring (bicyclic) bond motifs is 1. The van der Waals surface area contributed by atoms with Gasteiger partial charge >= 0.3 is 0 Å². The summed E-state index contributed by atoms with van der Waals surface area (Å²) in [6.07, 6.45) is 5.51. The third kappa shape index (κ3) is 3.51. The lowest BCUT2D eigenvalue weighted by Gasteiger charge is -2.19. The molecule has 0 aliphatic rings. The van der Waals surface area contributed by atoms with E-state index in [0.717, 1.165) is 23.1 Å². The van der Waals surface area contributed by atoms with Crippen molar-refractivity contribution >= 4 is 11.0 Å². The Labute approximate surface area is 115 Å². The van der Waals surface area contributed by atoms with E-state index in [1.165, 1.54) is 12.8 Å². The maximum atomic E-state index is 4.73. The number of rotatable bonds is 6. The maximum absolute atomic E-state index is 4.73. The van der Waals surface area contributed by atoms with Gasteiger partial charge in [-0.2, -0.15) is 0 Å². The molecular formula is C16H23N3. The Morgan fingerprint density at radius 3 is 2.63 bits per heavy atom. The second-order valence-electron chi connectivity index (χ2n) is 5.25. The van der Waals surface area contributed by atoms with Gasteiger partial charge in [0, 0.05) is 0 Å². The van der Waals surface area contributed by atoms with E-state index in [0.29, 0.717) is 12.0 Å². The van der Waals surface area contributed by atoms with E-state index in [-0.39, 0.29) is 0 Å². The molecule has 0 bridgehead atoms. The Morgan fingerprint density at radius 1 is 1.21 bits per heavy atom. The van der Waals surface area contributed by atoms with Gasteiger partial charge < -0.3 is 5.32 Å². The lowest BCUT2D eigenvalue weighted by Crippen LogP contribution is -2.20. The molecule has 0 amide bonds. The molecule has 1 aromatic heterocycles. The largest absolute Gasteiger partial charge is 0.312 e. The van der Waals surface area contributed by atoms with E-state index >= 15 is 0 Å².